The topological polar surface area (TPSA) is 35.5 Å². The van der Waals surface area contributed by atoms with Crippen molar-refractivity contribution in [2.45, 2.75) is 6.92 Å². The molecule has 3 nitrogen and oxygen atoms in total. The number of carbonyl (C=O) groups is 1. The lowest BCUT2D eigenvalue weighted by Crippen LogP contribution is -2.08. The van der Waals surface area contributed by atoms with Gasteiger partial charge in [0, 0.05) is 4.47 Å². The van der Waals surface area contributed by atoms with Crippen LogP contribution in [0.1, 0.15) is 17.3 Å². The number of benzene rings is 1. The second-order valence-corrected chi connectivity index (χ2v) is 4.49. The first-order chi connectivity index (χ1) is 7.52. The molecule has 0 heterocycles. The Bertz CT molecular complexity index is 421. The van der Waals surface area contributed by atoms with Crippen LogP contribution >= 0.6 is 31.9 Å². The van der Waals surface area contributed by atoms with Crippen LogP contribution < -0.4 is 4.74 Å². The van der Waals surface area contributed by atoms with Gasteiger partial charge in [-0.3, -0.25) is 0 Å². The maximum Gasteiger partial charge on any atom is 0.342 e. The van der Waals surface area contributed by atoms with E-state index in [1.807, 2.05) is 0 Å². The van der Waals surface area contributed by atoms with E-state index in [0.29, 0.717) is 15.6 Å². The van der Waals surface area contributed by atoms with Crippen LogP contribution in [0, 0.1) is 5.82 Å². The third kappa shape index (κ3) is 2.55. The van der Waals surface area contributed by atoms with E-state index in [1.54, 1.807) is 13.0 Å². The Kier molecular flexibility index (Phi) is 4.73. The molecule has 0 fully saturated rings. The van der Waals surface area contributed by atoms with Crippen LogP contribution in [-0.2, 0) is 4.74 Å². The summed E-state index contributed by atoms with van der Waals surface area (Å²) in [6.45, 7) is 2.03. The summed E-state index contributed by atoms with van der Waals surface area (Å²) in [5, 5.41) is 0. The largest absolute Gasteiger partial charge is 0.490 e. The van der Waals surface area contributed by atoms with Crippen LogP contribution in [0.5, 0.6) is 5.75 Å². The SMILES string of the molecule is CCOc1c(Br)cc(Br)c(C(=O)OC)c1F. The van der Waals surface area contributed by atoms with Crippen LogP contribution in [-0.4, -0.2) is 19.7 Å². The van der Waals surface area contributed by atoms with E-state index in [9.17, 15) is 9.18 Å². The fourth-order valence-electron chi connectivity index (χ4n) is 1.14. The highest BCUT2D eigenvalue weighted by atomic mass is 79.9. The molecule has 0 amide bonds. The van der Waals surface area contributed by atoms with E-state index >= 15 is 0 Å². The van der Waals surface area contributed by atoms with Crippen molar-refractivity contribution in [3.8, 4) is 5.75 Å². The molecule has 0 radical (unpaired) electrons. The number of esters is 1. The van der Waals surface area contributed by atoms with Gasteiger partial charge in [-0.05, 0) is 44.8 Å². The molecule has 0 saturated heterocycles. The smallest absolute Gasteiger partial charge is 0.342 e. The van der Waals surface area contributed by atoms with Crippen molar-refractivity contribution < 1.29 is 18.7 Å². The molecule has 0 bridgehead atoms. The molecule has 0 atom stereocenters. The highest BCUT2D eigenvalue weighted by molar-refractivity contribution is 9.11. The molecule has 0 spiro atoms. The molecule has 1 rings (SSSR count). The standard InChI is InChI=1S/C10H9Br2FO3/c1-3-16-9-6(12)4-5(11)7(8(9)13)10(14)15-2/h4H,3H2,1-2H3. The Balaban J connectivity index is 3.38. The number of ether oxygens (including phenoxy) is 2. The third-order valence-corrected chi connectivity index (χ3v) is 3.02. The summed E-state index contributed by atoms with van der Waals surface area (Å²) in [6, 6.07) is 1.54. The monoisotopic (exact) mass is 354 g/mol. The van der Waals surface area contributed by atoms with Crippen molar-refractivity contribution in [3.63, 3.8) is 0 Å². The molecule has 1 aromatic rings. The number of halogens is 3. The summed E-state index contributed by atoms with van der Waals surface area (Å²) in [5.74, 6) is -1.49. The molecule has 0 aliphatic rings. The number of hydrogen-bond donors (Lipinski definition) is 0. The fourth-order valence-corrected chi connectivity index (χ4v) is 2.53. The summed E-state index contributed by atoms with van der Waals surface area (Å²) in [6.07, 6.45) is 0. The first-order valence-electron chi connectivity index (χ1n) is 4.41. The second kappa shape index (κ2) is 5.63. The maximum atomic E-state index is 13.9. The van der Waals surface area contributed by atoms with Gasteiger partial charge in [-0.2, -0.15) is 0 Å². The lowest BCUT2D eigenvalue weighted by atomic mass is 10.2. The predicted molar refractivity (Wildman–Crippen MR) is 64.3 cm³/mol. The van der Waals surface area contributed by atoms with Crippen molar-refractivity contribution in [2.75, 3.05) is 13.7 Å². The van der Waals surface area contributed by atoms with Gasteiger partial charge in [0.1, 0.15) is 5.56 Å². The Labute approximate surface area is 109 Å². The molecule has 6 heteroatoms. The molecule has 1 aromatic carbocycles. The van der Waals surface area contributed by atoms with Gasteiger partial charge in [-0.15, -0.1) is 0 Å². The van der Waals surface area contributed by atoms with Crippen molar-refractivity contribution in [1.29, 1.82) is 0 Å². The third-order valence-electron chi connectivity index (χ3n) is 1.81. The van der Waals surface area contributed by atoms with E-state index in [1.165, 1.54) is 7.11 Å². The number of carbonyl (C=O) groups excluding carboxylic acids is 1. The molecular formula is C10H9Br2FO3. The van der Waals surface area contributed by atoms with Crippen molar-refractivity contribution in [3.05, 3.63) is 26.4 Å². The van der Waals surface area contributed by atoms with Crippen LogP contribution in [0.3, 0.4) is 0 Å². The van der Waals surface area contributed by atoms with Gasteiger partial charge in [0.15, 0.2) is 11.6 Å². The number of rotatable bonds is 3. The summed E-state index contributed by atoms with van der Waals surface area (Å²) in [4.78, 5) is 11.4. The first-order valence-corrected chi connectivity index (χ1v) is 6.00. The molecule has 16 heavy (non-hydrogen) atoms. The van der Waals surface area contributed by atoms with Crippen molar-refractivity contribution >= 4 is 37.8 Å². The van der Waals surface area contributed by atoms with Gasteiger partial charge in [0.2, 0.25) is 0 Å². The predicted octanol–water partition coefficient (Wildman–Crippen LogP) is 3.54. The minimum absolute atomic E-state index is 0.00565. The Morgan fingerprint density at radius 2 is 2.06 bits per heavy atom. The van der Waals surface area contributed by atoms with Crippen LogP contribution in [0.25, 0.3) is 0 Å². The molecule has 88 valence electrons. The zero-order valence-corrected chi connectivity index (χ0v) is 11.8. The summed E-state index contributed by atoms with van der Waals surface area (Å²) >= 11 is 6.26. The van der Waals surface area contributed by atoms with Crippen molar-refractivity contribution in [1.82, 2.24) is 0 Å². The average molecular weight is 356 g/mol. The minimum atomic E-state index is -0.752. The zero-order chi connectivity index (χ0) is 12.3. The van der Waals surface area contributed by atoms with Gasteiger partial charge < -0.3 is 9.47 Å². The Hall–Kier alpha value is -0.620. The molecule has 0 N–H and O–H groups in total. The van der Waals surface area contributed by atoms with Gasteiger partial charge in [-0.25, -0.2) is 9.18 Å². The van der Waals surface area contributed by atoms with E-state index < -0.39 is 11.8 Å². The quantitative estimate of drug-likeness (QED) is 0.778. The average Bonchev–Trinajstić information content (AvgIpc) is 2.23. The molecule has 0 aromatic heterocycles. The van der Waals surface area contributed by atoms with Crippen molar-refractivity contribution in [2.24, 2.45) is 0 Å². The van der Waals surface area contributed by atoms with Gasteiger partial charge in [0.25, 0.3) is 0 Å². The Morgan fingerprint density at radius 3 is 2.56 bits per heavy atom. The summed E-state index contributed by atoms with van der Waals surface area (Å²) < 4.78 is 24.3. The van der Waals surface area contributed by atoms with E-state index in [-0.39, 0.29) is 11.3 Å². The molecule has 0 aliphatic carbocycles. The molecular weight excluding hydrogens is 347 g/mol. The molecule has 0 aliphatic heterocycles. The van der Waals surface area contributed by atoms with E-state index in [2.05, 4.69) is 36.6 Å². The highest BCUT2D eigenvalue weighted by Crippen LogP contribution is 2.35. The number of methoxy groups -OCH3 is 1. The summed E-state index contributed by atoms with van der Waals surface area (Å²) in [7, 11) is 1.19. The van der Waals surface area contributed by atoms with E-state index in [0.717, 1.165) is 0 Å². The molecule has 0 unspecified atom stereocenters. The van der Waals surface area contributed by atoms with Gasteiger partial charge in [0.05, 0.1) is 18.2 Å². The lowest BCUT2D eigenvalue weighted by Gasteiger charge is -2.11. The second-order valence-electron chi connectivity index (χ2n) is 2.78. The fraction of sp³-hybridized carbons (Fsp3) is 0.300. The van der Waals surface area contributed by atoms with Crippen LogP contribution in [0.4, 0.5) is 4.39 Å². The maximum absolute atomic E-state index is 13.9. The van der Waals surface area contributed by atoms with Gasteiger partial charge >= 0.3 is 5.97 Å². The Morgan fingerprint density at radius 1 is 1.44 bits per heavy atom. The van der Waals surface area contributed by atoms with Crippen LogP contribution in [0.2, 0.25) is 0 Å². The molecule has 0 saturated carbocycles. The normalized spacial score (nSPS) is 10.1. The van der Waals surface area contributed by atoms with Crippen LogP contribution in [0.15, 0.2) is 15.0 Å². The van der Waals surface area contributed by atoms with E-state index in [4.69, 9.17) is 4.74 Å². The first kappa shape index (κ1) is 13.4. The minimum Gasteiger partial charge on any atom is -0.490 e. The number of hydrogen-bond acceptors (Lipinski definition) is 3. The van der Waals surface area contributed by atoms with Gasteiger partial charge in [-0.1, -0.05) is 0 Å². The lowest BCUT2D eigenvalue weighted by molar-refractivity contribution is 0.0593. The summed E-state index contributed by atoms with van der Waals surface area (Å²) in [5.41, 5.74) is -0.172. The highest BCUT2D eigenvalue weighted by Gasteiger charge is 2.23. The zero-order valence-electron chi connectivity index (χ0n) is 8.64.